The summed E-state index contributed by atoms with van der Waals surface area (Å²) in [5.74, 6) is 0.00631. The van der Waals surface area contributed by atoms with Crippen molar-refractivity contribution in [2.24, 2.45) is 16.5 Å². The first-order valence-electron chi connectivity index (χ1n) is 5.67. The molecule has 1 atom stereocenters. The van der Waals surface area contributed by atoms with Crippen molar-refractivity contribution in [3.8, 4) is 0 Å². The van der Waals surface area contributed by atoms with Crippen molar-refractivity contribution in [2.45, 2.75) is 13.0 Å². The maximum Gasteiger partial charge on any atom is 0.185 e. The second kappa shape index (κ2) is 6.75. The molecule has 5 N–H and O–H groups in total. The lowest BCUT2D eigenvalue weighted by Gasteiger charge is -2.25. The summed E-state index contributed by atoms with van der Waals surface area (Å²) in [5, 5.41) is 9.80. The van der Waals surface area contributed by atoms with E-state index < -0.39 is 6.10 Å². The molecule has 0 heterocycles. The van der Waals surface area contributed by atoms with Crippen molar-refractivity contribution in [3.63, 3.8) is 0 Å². The predicted octanol–water partition coefficient (Wildman–Crippen LogP) is 0.147. The molecule has 0 amide bonds. The standard InChI is InChI=1S/C12H20N4O/c1-2-16(10-6-4-3-5-7-10)9-11(17)8-15-12(13)14/h3-7,11,17H,2,8-9H2,1H3,(H4,13,14,15)/t11-/m0/s1. The number of guanidine groups is 1. The van der Waals surface area contributed by atoms with E-state index in [-0.39, 0.29) is 12.5 Å². The van der Waals surface area contributed by atoms with Crippen LogP contribution in [0.15, 0.2) is 35.3 Å². The number of likely N-dealkylation sites (N-methyl/N-ethyl adjacent to an activating group) is 1. The Hall–Kier alpha value is -1.75. The van der Waals surface area contributed by atoms with Gasteiger partial charge in [0.2, 0.25) is 0 Å². The van der Waals surface area contributed by atoms with Gasteiger partial charge in [0.15, 0.2) is 5.96 Å². The number of benzene rings is 1. The third-order valence-corrected chi connectivity index (χ3v) is 2.42. The first-order chi connectivity index (χ1) is 8.13. The monoisotopic (exact) mass is 236 g/mol. The van der Waals surface area contributed by atoms with E-state index in [4.69, 9.17) is 11.5 Å². The summed E-state index contributed by atoms with van der Waals surface area (Å²) < 4.78 is 0. The minimum atomic E-state index is -0.572. The number of para-hydroxylation sites is 1. The van der Waals surface area contributed by atoms with E-state index in [1.807, 2.05) is 37.3 Å². The lowest BCUT2D eigenvalue weighted by Crippen LogP contribution is -2.35. The van der Waals surface area contributed by atoms with Crippen LogP contribution in [0.25, 0.3) is 0 Å². The summed E-state index contributed by atoms with van der Waals surface area (Å²) in [4.78, 5) is 5.88. The molecule has 17 heavy (non-hydrogen) atoms. The molecule has 1 aromatic carbocycles. The van der Waals surface area contributed by atoms with Crippen molar-refractivity contribution < 1.29 is 5.11 Å². The van der Waals surface area contributed by atoms with Gasteiger partial charge in [-0.15, -0.1) is 0 Å². The van der Waals surface area contributed by atoms with Crippen LogP contribution in [0.1, 0.15) is 6.92 Å². The van der Waals surface area contributed by atoms with Gasteiger partial charge in [-0.3, -0.25) is 4.99 Å². The number of nitrogens with two attached hydrogens (primary N) is 2. The highest BCUT2D eigenvalue weighted by molar-refractivity contribution is 5.75. The molecule has 5 nitrogen and oxygen atoms in total. The van der Waals surface area contributed by atoms with E-state index in [0.717, 1.165) is 12.2 Å². The quantitative estimate of drug-likeness (QED) is 0.484. The molecule has 0 bridgehead atoms. The largest absolute Gasteiger partial charge is 0.389 e. The van der Waals surface area contributed by atoms with Gasteiger partial charge in [0.25, 0.3) is 0 Å². The van der Waals surface area contributed by atoms with E-state index in [1.165, 1.54) is 0 Å². The van der Waals surface area contributed by atoms with Crippen LogP contribution in [0, 0.1) is 0 Å². The molecule has 94 valence electrons. The lowest BCUT2D eigenvalue weighted by molar-refractivity contribution is 0.189. The van der Waals surface area contributed by atoms with Crippen LogP contribution in [0.3, 0.4) is 0 Å². The highest BCUT2D eigenvalue weighted by Crippen LogP contribution is 2.13. The minimum Gasteiger partial charge on any atom is -0.389 e. The maximum atomic E-state index is 9.80. The van der Waals surface area contributed by atoms with Crippen LogP contribution in [0.2, 0.25) is 0 Å². The second-order valence-corrected chi connectivity index (χ2v) is 3.79. The predicted molar refractivity (Wildman–Crippen MR) is 71.0 cm³/mol. The molecule has 0 aromatic heterocycles. The molecule has 0 saturated heterocycles. The summed E-state index contributed by atoms with van der Waals surface area (Å²) in [6.45, 7) is 3.60. The van der Waals surface area contributed by atoms with E-state index in [2.05, 4.69) is 9.89 Å². The Bertz CT molecular complexity index is 349. The first kappa shape index (κ1) is 13.3. The normalized spacial score (nSPS) is 11.9. The third-order valence-electron chi connectivity index (χ3n) is 2.42. The molecule has 0 aliphatic rings. The molecule has 0 spiro atoms. The highest BCUT2D eigenvalue weighted by atomic mass is 16.3. The Labute approximate surface area is 102 Å². The van der Waals surface area contributed by atoms with Gasteiger partial charge in [-0.05, 0) is 19.1 Å². The second-order valence-electron chi connectivity index (χ2n) is 3.79. The Kier molecular flexibility index (Phi) is 5.29. The van der Waals surface area contributed by atoms with Gasteiger partial charge in [-0.2, -0.15) is 0 Å². The van der Waals surface area contributed by atoms with Crippen LogP contribution < -0.4 is 16.4 Å². The highest BCUT2D eigenvalue weighted by Gasteiger charge is 2.10. The Balaban J connectivity index is 2.56. The number of rotatable bonds is 6. The number of anilines is 1. The molecular weight excluding hydrogens is 216 g/mol. The molecule has 1 rings (SSSR count). The van der Waals surface area contributed by atoms with E-state index in [0.29, 0.717) is 6.54 Å². The number of aliphatic hydroxyl groups is 1. The van der Waals surface area contributed by atoms with E-state index >= 15 is 0 Å². The topological polar surface area (TPSA) is 87.9 Å². The molecule has 5 heteroatoms. The molecule has 0 unspecified atom stereocenters. The van der Waals surface area contributed by atoms with Crippen LogP contribution in [0.5, 0.6) is 0 Å². The van der Waals surface area contributed by atoms with Gasteiger partial charge in [0.05, 0.1) is 12.6 Å². The Morgan fingerprint density at radius 3 is 2.53 bits per heavy atom. The molecule has 0 aliphatic heterocycles. The van der Waals surface area contributed by atoms with Crippen LogP contribution in [-0.4, -0.2) is 36.8 Å². The van der Waals surface area contributed by atoms with E-state index in [1.54, 1.807) is 0 Å². The lowest BCUT2D eigenvalue weighted by atomic mass is 10.2. The summed E-state index contributed by atoms with van der Waals surface area (Å²) in [6, 6.07) is 9.93. The molecular formula is C12H20N4O. The van der Waals surface area contributed by atoms with Crippen LogP contribution >= 0.6 is 0 Å². The van der Waals surface area contributed by atoms with Gasteiger partial charge < -0.3 is 21.5 Å². The van der Waals surface area contributed by atoms with E-state index in [9.17, 15) is 5.11 Å². The fourth-order valence-corrected chi connectivity index (χ4v) is 1.58. The van der Waals surface area contributed by atoms with Crippen molar-refractivity contribution in [1.29, 1.82) is 0 Å². The van der Waals surface area contributed by atoms with Gasteiger partial charge in [-0.1, -0.05) is 18.2 Å². The SMILES string of the molecule is CCN(C[C@@H](O)CN=C(N)N)c1ccccc1. The van der Waals surface area contributed by atoms with Crippen molar-refractivity contribution in [1.82, 2.24) is 0 Å². The number of hydrogen-bond donors (Lipinski definition) is 3. The van der Waals surface area contributed by atoms with Crippen LogP contribution in [0.4, 0.5) is 5.69 Å². The molecule has 0 radical (unpaired) electrons. The average molecular weight is 236 g/mol. The zero-order valence-corrected chi connectivity index (χ0v) is 10.1. The fraction of sp³-hybridized carbons (Fsp3) is 0.417. The molecule has 0 aliphatic carbocycles. The molecule has 0 saturated carbocycles. The third kappa shape index (κ3) is 4.74. The Morgan fingerprint density at radius 2 is 2.00 bits per heavy atom. The van der Waals surface area contributed by atoms with Crippen molar-refractivity contribution >= 4 is 11.6 Å². The van der Waals surface area contributed by atoms with Crippen molar-refractivity contribution in [3.05, 3.63) is 30.3 Å². The zero-order chi connectivity index (χ0) is 12.7. The molecule has 0 fully saturated rings. The first-order valence-corrected chi connectivity index (χ1v) is 5.67. The fourth-order valence-electron chi connectivity index (χ4n) is 1.58. The average Bonchev–Trinajstić information content (AvgIpc) is 2.34. The summed E-state index contributed by atoms with van der Waals surface area (Å²) in [6.07, 6.45) is -0.572. The minimum absolute atomic E-state index is 0.00631. The maximum absolute atomic E-state index is 9.80. The summed E-state index contributed by atoms with van der Waals surface area (Å²) >= 11 is 0. The Morgan fingerprint density at radius 1 is 1.35 bits per heavy atom. The van der Waals surface area contributed by atoms with Gasteiger partial charge in [0.1, 0.15) is 0 Å². The summed E-state index contributed by atoms with van der Waals surface area (Å²) in [7, 11) is 0. The van der Waals surface area contributed by atoms with Crippen molar-refractivity contribution in [2.75, 3.05) is 24.5 Å². The van der Waals surface area contributed by atoms with Gasteiger partial charge >= 0.3 is 0 Å². The van der Waals surface area contributed by atoms with Gasteiger partial charge in [0, 0.05) is 18.8 Å². The van der Waals surface area contributed by atoms with Crippen LogP contribution in [-0.2, 0) is 0 Å². The smallest absolute Gasteiger partial charge is 0.185 e. The summed E-state index contributed by atoms with van der Waals surface area (Å²) in [5.41, 5.74) is 11.5. The number of aliphatic hydroxyl groups excluding tert-OH is 1. The number of aliphatic imine (C=N–C) groups is 1. The van der Waals surface area contributed by atoms with Gasteiger partial charge in [-0.25, -0.2) is 0 Å². The zero-order valence-electron chi connectivity index (χ0n) is 10.1. The number of nitrogens with zero attached hydrogens (tertiary/aromatic N) is 2. The molecule has 1 aromatic rings. The number of hydrogen-bond acceptors (Lipinski definition) is 3.